The first kappa shape index (κ1) is 27.5. The van der Waals surface area contributed by atoms with Crippen molar-refractivity contribution in [1.29, 1.82) is 0 Å². The van der Waals surface area contributed by atoms with Crippen LogP contribution in [-0.2, 0) is 6.42 Å². The fourth-order valence-corrected chi connectivity index (χ4v) is 9.82. The summed E-state index contributed by atoms with van der Waals surface area (Å²) in [5.41, 5.74) is 0.918. The van der Waals surface area contributed by atoms with E-state index in [4.69, 9.17) is 0 Å². The van der Waals surface area contributed by atoms with Crippen LogP contribution in [0, 0.1) is 6.92 Å². The van der Waals surface area contributed by atoms with Gasteiger partial charge in [-0.25, -0.2) is 0 Å². The summed E-state index contributed by atoms with van der Waals surface area (Å²) in [5.74, 6) is -2.01. The highest BCUT2D eigenvalue weighted by atomic mass is 31.2. The molecule has 0 unspecified atom stereocenters. The lowest BCUT2D eigenvalue weighted by Gasteiger charge is -2.27. The zero-order valence-electron chi connectivity index (χ0n) is 22.1. The highest BCUT2D eigenvalue weighted by Gasteiger charge is 2.44. The van der Waals surface area contributed by atoms with Crippen molar-refractivity contribution < 1.29 is 20.4 Å². The fourth-order valence-electron chi connectivity index (χ4n) is 5.41. The molecule has 0 amide bonds. The van der Waals surface area contributed by atoms with Crippen molar-refractivity contribution in [2.75, 3.05) is 6.16 Å². The lowest BCUT2D eigenvalue weighted by Crippen LogP contribution is -2.33. The molecule has 0 fully saturated rings. The van der Waals surface area contributed by atoms with Crippen LogP contribution < -0.4 is 15.9 Å². The van der Waals surface area contributed by atoms with Gasteiger partial charge in [0.1, 0.15) is 23.2 Å². The molecule has 198 valence electrons. The predicted octanol–water partition coefficient (Wildman–Crippen LogP) is 6.69. The molecule has 0 aliphatic rings. The maximum absolute atomic E-state index is 10.2. The summed E-state index contributed by atoms with van der Waals surface area (Å²) in [7, 11) is -1.77. The Morgan fingerprint density at radius 2 is 0.868 bits per heavy atom. The van der Waals surface area contributed by atoms with Gasteiger partial charge in [0.05, 0.1) is 6.16 Å². The third-order valence-corrected chi connectivity index (χ3v) is 12.1. The Hall–Kier alpha value is -3.49. The molecule has 4 nitrogen and oxygen atoms in total. The molecular formula is C33H38O4P+. The number of aromatic hydroxyl groups is 4. The second-order valence-corrected chi connectivity index (χ2v) is 13.5. The van der Waals surface area contributed by atoms with E-state index in [-0.39, 0.29) is 11.5 Å². The molecule has 0 aliphatic carbocycles. The molecule has 4 N–H and O–H groups in total. The van der Waals surface area contributed by atoms with Crippen molar-refractivity contribution in [3.05, 3.63) is 102 Å². The monoisotopic (exact) mass is 529 g/mol. The van der Waals surface area contributed by atoms with Gasteiger partial charge in [-0.1, -0.05) is 73.9 Å². The van der Waals surface area contributed by atoms with Gasteiger partial charge < -0.3 is 20.4 Å². The van der Waals surface area contributed by atoms with E-state index in [1.165, 1.54) is 15.9 Å². The van der Waals surface area contributed by atoms with Crippen LogP contribution in [0.25, 0.3) is 0 Å². The average Bonchev–Trinajstić information content (AvgIpc) is 2.97. The van der Waals surface area contributed by atoms with Crippen LogP contribution in [0.2, 0.25) is 0 Å². The highest BCUT2D eigenvalue weighted by Crippen LogP contribution is 2.56. The van der Waals surface area contributed by atoms with Gasteiger partial charge >= 0.3 is 0 Å². The topological polar surface area (TPSA) is 80.9 Å². The predicted molar refractivity (Wildman–Crippen MR) is 159 cm³/mol. The SMILES string of the molecule is Cc1c(O)c(O)c(O)c(O)c1CCCCCCCC[P+](c1ccccc1)(c1ccccc1)c1ccccc1. The van der Waals surface area contributed by atoms with E-state index in [2.05, 4.69) is 91.0 Å². The van der Waals surface area contributed by atoms with Gasteiger partial charge in [-0.05, 0) is 69.0 Å². The number of hydrogen-bond acceptors (Lipinski definition) is 4. The molecule has 0 saturated carbocycles. The van der Waals surface area contributed by atoms with Crippen LogP contribution in [0.4, 0.5) is 0 Å². The van der Waals surface area contributed by atoms with Crippen molar-refractivity contribution in [2.24, 2.45) is 0 Å². The lowest BCUT2D eigenvalue weighted by molar-refractivity contribution is 0.341. The number of unbranched alkanes of at least 4 members (excludes halogenated alkanes) is 5. The fraction of sp³-hybridized carbons (Fsp3) is 0.273. The van der Waals surface area contributed by atoms with Crippen molar-refractivity contribution in [3.8, 4) is 23.0 Å². The first-order valence-corrected chi connectivity index (χ1v) is 15.4. The van der Waals surface area contributed by atoms with Crippen molar-refractivity contribution >= 4 is 23.2 Å². The standard InChI is InChI=1S/C33H37O4P/c1-25-29(31(35)33(37)32(36)30(25)34)23-15-4-2-3-5-16-24-38(26-17-9-6-10-18-26,27-19-11-7-12-20-27)28-21-13-8-14-22-28/h6-14,17-22H,2-5,15-16,23-24H2,1H3,(H3-,34,35,36,37)/p+1. The number of phenols is 4. The summed E-state index contributed by atoms with van der Waals surface area (Å²) in [6, 6.07) is 33.0. The number of hydrogen-bond donors (Lipinski definition) is 4. The van der Waals surface area contributed by atoms with Crippen LogP contribution in [0.1, 0.15) is 49.7 Å². The van der Waals surface area contributed by atoms with Crippen LogP contribution in [0.15, 0.2) is 91.0 Å². The Bertz CT molecular complexity index is 1180. The van der Waals surface area contributed by atoms with E-state index in [0.29, 0.717) is 17.5 Å². The van der Waals surface area contributed by atoms with Gasteiger partial charge in [-0.15, -0.1) is 0 Å². The Morgan fingerprint density at radius 1 is 0.474 bits per heavy atom. The molecule has 0 radical (unpaired) electrons. The van der Waals surface area contributed by atoms with Crippen molar-refractivity contribution in [3.63, 3.8) is 0 Å². The number of phenolic OH excluding ortho intramolecular Hbond substituents is 4. The van der Waals surface area contributed by atoms with Gasteiger partial charge in [-0.2, -0.15) is 0 Å². The van der Waals surface area contributed by atoms with Crippen molar-refractivity contribution in [2.45, 2.75) is 51.9 Å². The Morgan fingerprint density at radius 3 is 1.34 bits per heavy atom. The molecule has 5 heteroatoms. The smallest absolute Gasteiger partial charge is 0.204 e. The minimum absolute atomic E-state index is 0.333. The third-order valence-electron chi connectivity index (χ3n) is 7.53. The molecule has 0 heterocycles. The van der Waals surface area contributed by atoms with E-state index in [0.717, 1.165) is 44.7 Å². The minimum Gasteiger partial charge on any atom is -0.504 e. The molecular weight excluding hydrogens is 491 g/mol. The minimum atomic E-state index is -1.77. The second kappa shape index (κ2) is 12.8. The summed E-state index contributed by atoms with van der Waals surface area (Å²) < 4.78 is 0. The van der Waals surface area contributed by atoms with Crippen LogP contribution in [-0.4, -0.2) is 26.6 Å². The normalized spacial score (nSPS) is 11.5. The summed E-state index contributed by atoms with van der Waals surface area (Å²) in [5, 5.41) is 44.0. The molecule has 4 aromatic carbocycles. The maximum atomic E-state index is 10.2. The molecule has 0 saturated heterocycles. The molecule has 0 spiro atoms. The summed E-state index contributed by atoms with van der Waals surface area (Å²) in [6.07, 6.45) is 8.03. The largest absolute Gasteiger partial charge is 0.504 e. The highest BCUT2D eigenvalue weighted by molar-refractivity contribution is 7.95. The average molecular weight is 530 g/mol. The maximum Gasteiger partial charge on any atom is 0.204 e. The lowest BCUT2D eigenvalue weighted by atomic mass is 9.98. The molecule has 4 rings (SSSR count). The molecule has 38 heavy (non-hydrogen) atoms. The Balaban J connectivity index is 1.39. The quantitative estimate of drug-likeness (QED) is 0.0713. The molecule has 0 aliphatic heterocycles. The summed E-state index contributed by atoms with van der Waals surface area (Å²) in [4.78, 5) is 0. The van der Waals surface area contributed by atoms with Crippen LogP contribution in [0.5, 0.6) is 23.0 Å². The number of rotatable bonds is 12. The van der Waals surface area contributed by atoms with E-state index in [1.54, 1.807) is 6.92 Å². The van der Waals surface area contributed by atoms with E-state index in [1.807, 2.05) is 0 Å². The summed E-state index contributed by atoms with van der Waals surface area (Å²) in [6.45, 7) is 1.64. The zero-order chi connectivity index (χ0) is 27.0. The second-order valence-electron chi connectivity index (χ2n) is 9.91. The molecule has 0 atom stereocenters. The Kier molecular flexibility index (Phi) is 9.31. The molecule has 0 aromatic heterocycles. The molecule has 4 aromatic rings. The summed E-state index contributed by atoms with van der Waals surface area (Å²) >= 11 is 0. The first-order valence-electron chi connectivity index (χ1n) is 13.5. The molecule has 0 bridgehead atoms. The van der Waals surface area contributed by atoms with Gasteiger partial charge in [0.15, 0.2) is 11.5 Å². The van der Waals surface area contributed by atoms with Crippen molar-refractivity contribution in [1.82, 2.24) is 0 Å². The van der Waals surface area contributed by atoms with E-state index < -0.39 is 18.8 Å². The van der Waals surface area contributed by atoms with E-state index >= 15 is 0 Å². The van der Waals surface area contributed by atoms with Crippen LogP contribution >= 0.6 is 7.26 Å². The van der Waals surface area contributed by atoms with Gasteiger partial charge in [0, 0.05) is 11.1 Å². The van der Waals surface area contributed by atoms with Gasteiger partial charge in [-0.3, -0.25) is 0 Å². The van der Waals surface area contributed by atoms with Gasteiger partial charge in [0.2, 0.25) is 11.5 Å². The Labute approximate surface area is 226 Å². The number of benzene rings is 4. The van der Waals surface area contributed by atoms with Crippen LogP contribution in [0.3, 0.4) is 0 Å². The van der Waals surface area contributed by atoms with Gasteiger partial charge in [0.25, 0.3) is 0 Å². The third kappa shape index (κ3) is 5.81. The zero-order valence-corrected chi connectivity index (χ0v) is 22.9. The first-order chi connectivity index (χ1) is 18.5. The van der Waals surface area contributed by atoms with E-state index in [9.17, 15) is 20.4 Å².